The Hall–Kier alpha value is -3.81. The van der Waals surface area contributed by atoms with Gasteiger partial charge in [0.25, 0.3) is 11.8 Å². The van der Waals surface area contributed by atoms with Crippen LogP contribution in [-0.4, -0.2) is 45.5 Å². The van der Waals surface area contributed by atoms with Gasteiger partial charge < -0.3 is 10.6 Å². The predicted molar refractivity (Wildman–Crippen MR) is 114 cm³/mol. The van der Waals surface area contributed by atoms with Crippen LogP contribution >= 0.6 is 0 Å². The summed E-state index contributed by atoms with van der Waals surface area (Å²) in [6.45, 7) is 0. The maximum Gasteiger partial charge on any atom is 0.289 e. The number of amides is 2. The highest BCUT2D eigenvalue weighted by Crippen LogP contribution is 2.39. The van der Waals surface area contributed by atoms with Gasteiger partial charge in [0.15, 0.2) is 5.82 Å². The molecule has 2 heterocycles. The Bertz CT molecular complexity index is 1110. The van der Waals surface area contributed by atoms with Crippen LogP contribution in [0, 0.1) is 0 Å². The number of nitrogens with one attached hydrogen (secondary N) is 2. The van der Waals surface area contributed by atoms with Gasteiger partial charge in [-0.25, -0.2) is 9.67 Å². The molecule has 8 nitrogen and oxygen atoms in total. The average Bonchev–Trinajstić information content (AvgIpc) is 3.54. The number of rotatable bonds is 8. The van der Waals surface area contributed by atoms with Crippen molar-refractivity contribution in [3.05, 3.63) is 77.7 Å². The molecule has 1 aliphatic rings. The molecule has 2 aromatic heterocycles. The fraction of sp³-hybridized carbons (Fsp3) is 0.261. The van der Waals surface area contributed by atoms with Crippen molar-refractivity contribution in [3.8, 4) is 5.82 Å². The van der Waals surface area contributed by atoms with Gasteiger partial charge in [0.05, 0.1) is 11.3 Å². The number of aromatic nitrogens is 3. The van der Waals surface area contributed by atoms with Crippen LogP contribution in [0.3, 0.4) is 0 Å². The molecule has 1 aliphatic carbocycles. The average molecular weight is 417 g/mol. The van der Waals surface area contributed by atoms with Crippen molar-refractivity contribution in [3.63, 3.8) is 0 Å². The molecular formula is C23H23N5O3. The first kappa shape index (κ1) is 20.5. The fourth-order valence-corrected chi connectivity index (χ4v) is 3.39. The molecule has 0 aliphatic heterocycles. The summed E-state index contributed by atoms with van der Waals surface area (Å²) in [5.74, 6) is -1.11. The molecule has 1 fully saturated rings. The van der Waals surface area contributed by atoms with E-state index in [0.29, 0.717) is 11.7 Å². The minimum Gasteiger partial charge on any atom is -0.353 e. The standard InChI is InChI=1S/C23H23N5O3/c1-24-23(31)20(29)19(14-15-6-3-2-4-7-15)26-22(30)17-8-5-12-25-21(17)28-13-11-18(27-28)16-9-10-16/h2-8,11-13,16,19H,9-10,14H2,1H3,(H,24,31)(H,26,30)/t19-/m0/s1. The van der Waals surface area contributed by atoms with Crippen molar-refractivity contribution in [2.45, 2.75) is 31.2 Å². The van der Waals surface area contributed by atoms with Crippen LogP contribution in [-0.2, 0) is 16.0 Å². The fourth-order valence-electron chi connectivity index (χ4n) is 3.39. The van der Waals surface area contributed by atoms with Gasteiger partial charge in [-0.3, -0.25) is 14.4 Å². The van der Waals surface area contributed by atoms with Crippen LogP contribution in [0.15, 0.2) is 60.9 Å². The zero-order chi connectivity index (χ0) is 21.8. The van der Waals surface area contributed by atoms with Crippen molar-refractivity contribution >= 4 is 17.6 Å². The van der Waals surface area contributed by atoms with Crippen LogP contribution in [0.2, 0.25) is 0 Å². The molecule has 2 N–H and O–H groups in total. The van der Waals surface area contributed by atoms with Crippen molar-refractivity contribution in [2.75, 3.05) is 7.05 Å². The molecule has 8 heteroatoms. The monoisotopic (exact) mass is 417 g/mol. The Morgan fingerprint density at radius 1 is 1.10 bits per heavy atom. The summed E-state index contributed by atoms with van der Waals surface area (Å²) in [5, 5.41) is 9.60. The van der Waals surface area contributed by atoms with Gasteiger partial charge in [-0.2, -0.15) is 5.10 Å². The van der Waals surface area contributed by atoms with Crippen molar-refractivity contribution in [1.82, 2.24) is 25.4 Å². The van der Waals surface area contributed by atoms with E-state index in [4.69, 9.17) is 0 Å². The highest BCUT2D eigenvalue weighted by atomic mass is 16.2. The lowest BCUT2D eigenvalue weighted by Crippen LogP contribution is -2.48. The number of benzene rings is 1. The molecule has 158 valence electrons. The normalized spacial score (nSPS) is 14.0. The predicted octanol–water partition coefficient (Wildman–Crippen LogP) is 1.80. The maximum absolute atomic E-state index is 13.1. The number of ketones is 1. The van der Waals surface area contributed by atoms with Crippen LogP contribution in [0.1, 0.15) is 40.4 Å². The summed E-state index contributed by atoms with van der Waals surface area (Å²) < 4.78 is 1.58. The number of hydrogen-bond donors (Lipinski definition) is 2. The minimum absolute atomic E-state index is 0.196. The first-order valence-electron chi connectivity index (χ1n) is 10.2. The first-order valence-corrected chi connectivity index (χ1v) is 10.2. The number of carbonyl (C=O) groups excluding carboxylic acids is 3. The Morgan fingerprint density at radius 2 is 1.87 bits per heavy atom. The molecule has 1 saturated carbocycles. The third kappa shape index (κ3) is 4.69. The van der Waals surface area contributed by atoms with Gasteiger partial charge in [0.2, 0.25) is 5.78 Å². The van der Waals surface area contributed by atoms with Gasteiger partial charge in [0, 0.05) is 31.8 Å². The summed E-state index contributed by atoms with van der Waals surface area (Å²) >= 11 is 0. The van der Waals surface area contributed by atoms with Crippen LogP contribution in [0.5, 0.6) is 0 Å². The highest BCUT2D eigenvalue weighted by Gasteiger charge is 2.29. The largest absolute Gasteiger partial charge is 0.353 e. The lowest BCUT2D eigenvalue weighted by molar-refractivity contribution is -0.138. The quantitative estimate of drug-likeness (QED) is 0.544. The number of hydrogen-bond acceptors (Lipinski definition) is 5. The van der Waals surface area contributed by atoms with E-state index in [2.05, 4.69) is 20.7 Å². The van der Waals surface area contributed by atoms with Crippen LogP contribution in [0.25, 0.3) is 5.82 Å². The van der Waals surface area contributed by atoms with E-state index in [-0.39, 0.29) is 12.0 Å². The molecule has 0 spiro atoms. The Kier molecular flexibility index (Phi) is 5.88. The number of pyridine rings is 1. The van der Waals surface area contributed by atoms with E-state index in [1.165, 1.54) is 7.05 Å². The van der Waals surface area contributed by atoms with Gasteiger partial charge in [-0.1, -0.05) is 30.3 Å². The van der Waals surface area contributed by atoms with Crippen molar-refractivity contribution in [1.29, 1.82) is 0 Å². The summed E-state index contributed by atoms with van der Waals surface area (Å²) in [7, 11) is 1.38. The molecule has 3 aromatic rings. The number of carbonyl (C=O) groups is 3. The molecule has 4 rings (SSSR count). The number of likely N-dealkylation sites (N-methyl/N-ethyl adjacent to an activating group) is 1. The lowest BCUT2D eigenvalue weighted by atomic mass is 10.0. The van der Waals surface area contributed by atoms with E-state index in [0.717, 1.165) is 24.1 Å². The summed E-state index contributed by atoms with van der Waals surface area (Å²) in [6.07, 6.45) is 5.80. The molecule has 2 amide bonds. The molecular weight excluding hydrogens is 394 g/mol. The van der Waals surface area contributed by atoms with Crippen molar-refractivity contribution in [2.24, 2.45) is 0 Å². The highest BCUT2D eigenvalue weighted by molar-refractivity contribution is 6.38. The number of nitrogens with zero attached hydrogens (tertiary/aromatic N) is 3. The summed E-state index contributed by atoms with van der Waals surface area (Å²) in [5.41, 5.74) is 2.09. The molecule has 1 aromatic carbocycles. The van der Waals surface area contributed by atoms with Gasteiger partial charge in [-0.15, -0.1) is 0 Å². The Morgan fingerprint density at radius 3 is 2.58 bits per heavy atom. The third-order valence-electron chi connectivity index (χ3n) is 5.21. The second-order valence-corrected chi connectivity index (χ2v) is 7.49. The summed E-state index contributed by atoms with van der Waals surface area (Å²) in [4.78, 5) is 42.1. The van der Waals surface area contributed by atoms with E-state index < -0.39 is 23.6 Å². The van der Waals surface area contributed by atoms with E-state index in [9.17, 15) is 14.4 Å². The second kappa shape index (κ2) is 8.91. The lowest BCUT2D eigenvalue weighted by Gasteiger charge is -2.18. The molecule has 1 atom stereocenters. The van der Waals surface area contributed by atoms with Crippen molar-refractivity contribution < 1.29 is 14.4 Å². The molecule has 0 saturated heterocycles. The van der Waals surface area contributed by atoms with Gasteiger partial charge in [0.1, 0.15) is 6.04 Å². The Labute approximate surface area is 179 Å². The number of Topliss-reactive ketones (excluding diaryl/α,β-unsaturated/α-hetero) is 1. The smallest absolute Gasteiger partial charge is 0.289 e. The zero-order valence-corrected chi connectivity index (χ0v) is 17.1. The SMILES string of the molecule is CNC(=O)C(=O)[C@H](Cc1ccccc1)NC(=O)c1cccnc1-n1ccc(C2CC2)n1. The molecule has 31 heavy (non-hydrogen) atoms. The first-order chi connectivity index (χ1) is 15.1. The van der Waals surface area contributed by atoms with E-state index >= 15 is 0 Å². The molecule has 0 unspecified atom stereocenters. The van der Waals surface area contributed by atoms with Crippen LogP contribution in [0.4, 0.5) is 0 Å². The topological polar surface area (TPSA) is 106 Å². The van der Waals surface area contributed by atoms with E-state index in [1.54, 1.807) is 29.2 Å². The Balaban J connectivity index is 1.59. The second-order valence-electron chi connectivity index (χ2n) is 7.49. The summed E-state index contributed by atoms with van der Waals surface area (Å²) in [6, 6.07) is 13.4. The molecule has 0 radical (unpaired) electrons. The van der Waals surface area contributed by atoms with Crippen LogP contribution < -0.4 is 10.6 Å². The molecule has 0 bridgehead atoms. The third-order valence-corrected chi connectivity index (χ3v) is 5.21. The minimum atomic E-state index is -1.01. The maximum atomic E-state index is 13.1. The van der Waals surface area contributed by atoms with Gasteiger partial charge in [-0.05, 0) is 36.6 Å². The zero-order valence-electron chi connectivity index (χ0n) is 17.1. The van der Waals surface area contributed by atoms with E-state index in [1.807, 2.05) is 36.4 Å². The van der Waals surface area contributed by atoms with Gasteiger partial charge >= 0.3 is 0 Å².